The minimum atomic E-state index is -0.0557. The largest absolute Gasteiger partial charge is 0.352 e. The van der Waals surface area contributed by atoms with Crippen molar-refractivity contribution < 1.29 is 0 Å². The molecule has 146 valence electrons. The smallest absolute Gasteiger partial charge is 0.269 e. The van der Waals surface area contributed by atoms with Crippen LogP contribution in [0.2, 0.25) is 0 Å². The summed E-state index contributed by atoms with van der Waals surface area (Å²) in [5.41, 5.74) is 0.766. The van der Waals surface area contributed by atoms with E-state index in [1.807, 2.05) is 16.6 Å². The molecule has 5 rings (SSSR count). The van der Waals surface area contributed by atoms with Crippen LogP contribution in [0.4, 0.5) is 5.82 Å². The number of anilines is 1. The molecule has 1 saturated heterocycles. The number of likely N-dealkylation sites (N-methyl/N-ethyl adjacent to an activating group) is 1. The van der Waals surface area contributed by atoms with E-state index in [4.69, 9.17) is 5.10 Å². The summed E-state index contributed by atoms with van der Waals surface area (Å²) in [6.07, 6.45) is 8.38. The molecule has 9 nitrogen and oxygen atoms in total. The highest BCUT2D eigenvalue weighted by atomic mass is 16.1. The molecule has 0 radical (unpaired) electrons. The van der Waals surface area contributed by atoms with Gasteiger partial charge >= 0.3 is 0 Å². The lowest BCUT2D eigenvalue weighted by molar-refractivity contribution is 0.196. The predicted octanol–water partition coefficient (Wildman–Crippen LogP) is 0.769. The van der Waals surface area contributed by atoms with E-state index in [1.165, 1.54) is 25.5 Å². The van der Waals surface area contributed by atoms with Crippen molar-refractivity contribution in [3.8, 4) is 0 Å². The van der Waals surface area contributed by atoms with Gasteiger partial charge in [0.05, 0.1) is 6.20 Å². The van der Waals surface area contributed by atoms with Crippen LogP contribution in [0.3, 0.4) is 0 Å². The molecular formula is C19H24N8O. The molecule has 3 aromatic rings. The predicted molar refractivity (Wildman–Crippen MR) is 105 cm³/mol. The second-order valence-electron chi connectivity index (χ2n) is 7.79. The molecule has 0 bridgehead atoms. The maximum absolute atomic E-state index is 11.8. The average molecular weight is 380 g/mol. The van der Waals surface area contributed by atoms with Crippen LogP contribution in [0.5, 0.6) is 0 Å². The Morgan fingerprint density at radius 1 is 1.21 bits per heavy atom. The lowest BCUT2D eigenvalue weighted by atomic mass is 9.85. The molecule has 9 heteroatoms. The molecule has 1 aliphatic carbocycles. The molecule has 4 heterocycles. The summed E-state index contributed by atoms with van der Waals surface area (Å²) in [5.74, 6) is 2.48. The average Bonchev–Trinajstić information content (AvgIpc) is 3.01. The van der Waals surface area contributed by atoms with E-state index in [2.05, 4.69) is 32.0 Å². The Morgan fingerprint density at radius 3 is 2.82 bits per heavy atom. The fourth-order valence-electron chi connectivity index (χ4n) is 3.81. The van der Waals surface area contributed by atoms with E-state index in [-0.39, 0.29) is 5.56 Å². The summed E-state index contributed by atoms with van der Waals surface area (Å²) >= 11 is 0. The van der Waals surface area contributed by atoms with E-state index < -0.39 is 0 Å². The summed E-state index contributed by atoms with van der Waals surface area (Å²) in [6.45, 7) is 3.36. The van der Waals surface area contributed by atoms with Gasteiger partial charge in [-0.05, 0) is 32.0 Å². The van der Waals surface area contributed by atoms with Gasteiger partial charge in [0.25, 0.3) is 5.56 Å². The standard InChI is InChI=1S/C19H24N8O/c1-24(9-10-25-8-7-20-11-18(25)28)15-12-26(13-15)17-6-5-16-21-22-19(27(16)23-17)14-3-2-4-14/h5-8,11,14-15H,2-4,9-10,12-13H2,1H3. The Bertz CT molecular complexity index is 1030. The van der Waals surface area contributed by atoms with Crippen molar-refractivity contribution in [1.82, 2.24) is 34.3 Å². The minimum absolute atomic E-state index is 0.0557. The van der Waals surface area contributed by atoms with Crippen LogP contribution in [0.1, 0.15) is 31.0 Å². The molecule has 0 amide bonds. The number of rotatable bonds is 6. The monoisotopic (exact) mass is 380 g/mol. The Labute approximate surface area is 162 Å². The van der Waals surface area contributed by atoms with E-state index >= 15 is 0 Å². The van der Waals surface area contributed by atoms with Gasteiger partial charge < -0.3 is 9.47 Å². The fourth-order valence-corrected chi connectivity index (χ4v) is 3.81. The highest BCUT2D eigenvalue weighted by molar-refractivity contribution is 5.48. The molecule has 3 aromatic heterocycles. The van der Waals surface area contributed by atoms with Crippen molar-refractivity contribution >= 4 is 11.5 Å². The number of aromatic nitrogens is 6. The zero-order valence-corrected chi connectivity index (χ0v) is 16.0. The topological polar surface area (TPSA) is 84.5 Å². The SMILES string of the molecule is CN(CCn1ccncc1=O)C1CN(c2ccc3nnc(C4CCC4)n3n2)C1. The van der Waals surface area contributed by atoms with Crippen LogP contribution < -0.4 is 10.5 Å². The van der Waals surface area contributed by atoms with Gasteiger partial charge in [0.15, 0.2) is 11.5 Å². The van der Waals surface area contributed by atoms with Crippen LogP contribution in [0, 0.1) is 0 Å². The van der Waals surface area contributed by atoms with Crippen molar-refractivity contribution in [3.05, 3.63) is 46.9 Å². The third-order valence-corrected chi connectivity index (χ3v) is 6.05. The molecule has 28 heavy (non-hydrogen) atoms. The highest BCUT2D eigenvalue weighted by Crippen LogP contribution is 2.35. The van der Waals surface area contributed by atoms with Crippen molar-refractivity contribution in [2.45, 2.75) is 37.8 Å². The minimum Gasteiger partial charge on any atom is -0.352 e. The molecule has 2 fully saturated rings. The third kappa shape index (κ3) is 3.05. The summed E-state index contributed by atoms with van der Waals surface area (Å²) in [5, 5.41) is 13.4. The van der Waals surface area contributed by atoms with Gasteiger partial charge in [-0.1, -0.05) is 6.42 Å². The summed E-state index contributed by atoms with van der Waals surface area (Å²) in [7, 11) is 2.11. The first-order valence-corrected chi connectivity index (χ1v) is 9.87. The quantitative estimate of drug-likeness (QED) is 0.624. The fraction of sp³-hybridized carbons (Fsp3) is 0.526. The Balaban J connectivity index is 1.21. The van der Waals surface area contributed by atoms with Gasteiger partial charge in [-0.25, -0.2) is 0 Å². The number of hydrogen-bond acceptors (Lipinski definition) is 7. The van der Waals surface area contributed by atoms with Crippen molar-refractivity contribution in [2.24, 2.45) is 0 Å². The molecule has 0 aromatic carbocycles. The second kappa shape index (κ2) is 6.97. The molecule has 0 spiro atoms. The number of fused-ring (bicyclic) bond motifs is 1. The molecule has 1 saturated carbocycles. The summed E-state index contributed by atoms with van der Waals surface area (Å²) in [6, 6.07) is 4.49. The maximum Gasteiger partial charge on any atom is 0.269 e. The van der Waals surface area contributed by atoms with Crippen LogP contribution in [-0.4, -0.2) is 67.0 Å². The van der Waals surface area contributed by atoms with Gasteiger partial charge in [-0.3, -0.25) is 14.7 Å². The molecule has 1 aliphatic heterocycles. The maximum atomic E-state index is 11.8. The number of nitrogens with zero attached hydrogens (tertiary/aromatic N) is 8. The van der Waals surface area contributed by atoms with Crippen molar-refractivity contribution in [2.75, 3.05) is 31.6 Å². The van der Waals surface area contributed by atoms with E-state index in [1.54, 1.807) is 17.0 Å². The lowest BCUT2D eigenvalue weighted by Crippen LogP contribution is -2.59. The van der Waals surface area contributed by atoms with Crippen LogP contribution >= 0.6 is 0 Å². The third-order valence-electron chi connectivity index (χ3n) is 6.05. The van der Waals surface area contributed by atoms with E-state index in [0.717, 1.165) is 36.9 Å². The molecule has 2 aliphatic rings. The van der Waals surface area contributed by atoms with Crippen LogP contribution in [-0.2, 0) is 6.54 Å². The molecular weight excluding hydrogens is 356 g/mol. The van der Waals surface area contributed by atoms with E-state index in [9.17, 15) is 4.79 Å². The van der Waals surface area contributed by atoms with Gasteiger partial charge in [-0.2, -0.15) is 4.52 Å². The van der Waals surface area contributed by atoms with Gasteiger partial charge in [0.2, 0.25) is 0 Å². The molecule has 0 unspecified atom stereocenters. The summed E-state index contributed by atoms with van der Waals surface area (Å²) < 4.78 is 3.62. The van der Waals surface area contributed by atoms with Gasteiger partial charge in [0, 0.05) is 50.5 Å². The molecule has 0 atom stereocenters. The first-order chi connectivity index (χ1) is 13.7. The van der Waals surface area contributed by atoms with Crippen LogP contribution in [0.25, 0.3) is 5.65 Å². The van der Waals surface area contributed by atoms with Crippen LogP contribution in [0.15, 0.2) is 35.5 Å². The Morgan fingerprint density at radius 2 is 2.07 bits per heavy atom. The van der Waals surface area contributed by atoms with Crippen molar-refractivity contribution in [3.63, 3.8) is 0 Å². The van der Waals surface area contributed by atoms with Crippen molar-refractivity contribution in [1.29, 1.82) is 0 Å². The highest BCUT2D eigenvalue weighted by Gasteiger charge is 2.31. The summed E-state index contributed by atoms with van der Waals surface area (Å²) in [4.78, 5) is 20.2. The second-order valence-corrected chi connectivity index (χ2v) is 7.79. The molecule has 0 N–H and O–H groups in total. The number of hydrogen-bond donors (Lipinski definition) is 0. The van der Waals surface area contributed by atoms with Gasteiger partial charge in [0.1, 0.15) is 5.82 Å². The zero-order valence-electron chi connectivity index (χ0n) is 16.0. The van der Waals surface area contributed by atoms with E-state index in [0.29, 0.717) is 18.5 Å². The first kappa shape index (κ1) is 17.3. The first-order valence-electron chi connectivity index (χ1n) is 9.87. The lowest BCUT2D eigenvalue weighted by Gasteiger charge is -2.44. The van der Waals surface area contributed by atoms with Gasteiger partial charge in [-0.15, -0.1) is 15.3 Å². The Hall–Kier alpha value is -2.81. The normalized spacial score (nSPS) is 17.9. The zero-order chi connectivity index (χ0) is 19.1. The Kier molecular flexibility index (Phi) is 4.31.